The Balaban J connectivity index is 1.95. The average molecular weight is 334 g/mol. The molecule has 23 heavy (non-hydrogen) atoms. The standard InChI is InChI=1S/C15H12F2N4OS/c1-9-13(23-12-5-4-10(16)8-11(12)17)14(20-21(9)2)22-15-18-6-3-7-19-15/h3-8H,1-2H3. The third-order valence-corrected chi connectivity index (χ3v) is 4.31. The van der Waals surface area contributed by atoms with Crippen LogP contribution >= 0.6 is 11.8 Å². The first-order chi connectivity index (χ1) is 11.0. The average Bonchev–Trinajstić information content (AvgIpc) is 2.78. The smallest absolute Gasteiger partial charge is 0.323 e. The van der Waals surface area contributed by atoms with Gasteiger partial charge in [0.25, 0.3) is 5.88 Å². The fourth-order valence-electron chi connectivity index (χ4n) is 1.84. The first-order valence-electron chi connectivity index (χ1n) is 6.66. The van der Waals surface area contributed by atoms with Gasteiger partial charge in [0.05, 0.1) is 10.6 Å². The maximum atomic E-state index is 13.9. The Hall–Kier alpha value is -2.48. The van der Waals surface area contributed by atoms with Crippen molar-refractivity contribution in [1.29, 1.82) is 0 Å². The van der Waals surface area contributed by atoms with Crippen molar-refractivity contribution in [3.63, 3.8) is 0 Å². The minimum Gasteiger partial charge on any atom is -0.402 e. The van der Waals surface area contributed by atoms with Gasteiger partial charge in [0, 0.05) is 30.4 Å². The van der Waals surface area contributed by atoms with E-state index in [1.54, 1.807) is 30.2 Å². The maximum absolute atomic E-state index is 13.9. The van der Waals surface area contributed by atoms with Crippen LogP contribution in [0.4, 0.5) is 8.78 Å². The molecule has 0 aliphatic heterocycles. The van der Waals surface area contributed by atoms with Crippen LogP contribution in [0.5, 0.6) is 11.9 Å². The van der Waals surface area contributed by atoms with Crippen molar-refractivity contribution in [3.8, 4) is 11.9 Å². The second kappa shape index (κ2) is 6.33. The van der Waals surface area contributed by atoms with E-state index >= 15 is 0 Å². The Morgan fingerprint density at radius 2 is 1.91 bits per heavy atom. The van der Waals surface area contributed by atoms with Crippen molar-refractivity contribution in [2.45, 2.75) is 16.7 Å². The molecule has 0 radical (unpaired) electrons. The van der Waals surface area contributed by atoms with Crippen LogP contribution in [0.2, 0.25) is 0 Å². The molecule has 0 saturated heterocycles. The fraction of sp³-hybridized carbons (Fsp3) is 0.133. The number of rotatable bonds is 4. The predicted molar refractivity (Wildman–Crippen MR) is 80.5 cm³/mol. The zero-order valence-electron chi connectivity index (χ0n) is 12.3. The molecule has 0 amide bonds. The highest BCUT2D eigenvalue weighted by Gasteiger charge is 2.19. The topological polar surface area (TPSA) is 52.8 Å². The van der Waals surface area contributed by atoms with Gasteiger partial charge >= 0.3 is 6.01 Å². The first kappa shape index (κ1) is 15.4. The fourth-order valence-corrected chi connectivity index (χ4v) is 2.80. The molecule has 0 saturated carbocycles. The number of ether oxygens (including phenoxy) is 1. The Morgan fingerprint density at radius 1 is 1.17 bits per heavy atom. The molecule has 2 aromatic heterocycles. The van der Waals surface area contributed by atoms with Crippen molar-refractivity contribution >= 4 is 11.8 Å². The minimum absolute atomic E-state index is 0.145. The quantitative estimate of drug-likeness (QED) is 0.727. The van der Waals surface area contributed by atoms with Gasteiger partial charge in [-0.25, -0.2) is 18.7 Å². The SMILES string of the molecule is Cc1c(Sc2ccc(F)cc2F)c(Oc2ncccn2)nn1C. The second-order valence-electron chi connectivity index (χ2n) is 4.65. The molecule has 3 aromatic rings. The van der Waals surface area contributed by atoms with Crippen molar-refractivity contribution in [2.24, 2.45) is 7.05 Å². The number of hydrogen-bond acceptors (Lipinski definition) is 5. The number of halogens is 2. The summed E-state index contributed by atoms with van der Waals surface area (Å²) in [6.07, 6.45) is 3.09. The van der Waals surface area contributed by atoms with Crippen LogP contribution in [0, 0.1) is 18.6 Å². The zero-order chi connectivity index (χ0) is 16.4. The molecular formula is C15H12F2N4OS. The molecule has 0 N–H and O–H groups in total. The third kappa shape index (κ3) is 3.31. The van der Waals surface area contributed by atoms with Gasteiger partial charge in [-0.05, 0) is 25.1 Å². The lowest BCUT2D eigenvalue weighted by molar-refractivity contribution is 0.410. The Kier molecular flexibility index (Phi) is 4.24. The summed E-state index contributed by atoms with van der Waals surface area (Å²) in [6, 6.07) is 5.24. The van der Waals surface area contributed by atoms with Crippen molar-refractivity contribution in [1.82, 2.24) is 19.7 Å². The van der Waals surface area contributed by atoms with Crippen LogP contribution in [0.1, 0.15) is 5.69 Å². The summed E-state index contributed by atoms with van der Waals surface area (Å²) >= 11 is 1.11. The van der Waals surface area contributed by atoms with E-state index in [2.05, 4.69) is 15.1 Å². The van der Waals surface area contributed by atoms with E-state index in [-0.39, 0.29) is 16.8 Å². The summed E-state index contributed by atoms with van der Waals surface area (Å²) < 4.78 is 34.1. The summed E-state index contributed by atoms with van der Waals surface area (Å²) in [4.78, 5) is 8.84. The normalized spacial score (nSPS) is 10.8. The molecular weight excluding hydrogens is 322 g/mol. The minimum atomic E-state index is -0.639. The molecule has 0 aliphatic carbocycles. The molecule has 2 heterocycles. The zero-order valence-corrected chi connectivity index (χ0v) is 13.1. The molecule has 5 nitrogen and oxygen atoms in total. The number of benzene rings is 1. The van der Waals surface area contributed by atoms with Gasteiger partial charge in [0.2, 0.25) is 0 Å². The van der Waals surface area contributed by atoms with E-state index in [4.69, 9.17) is 4.74 Å². The summed E-state index contributed by atoms with van der Waals surface area (Å²) in [5.74, 6) is -0.992. The van der Waals surface area contributed by atoms with Crippen LogP contribution in [0.3, 0.4) is 0 Å². The Labute approximate surface area is 135 Å². The van der Waals surface area contributed by atoms with Gasteiger partial charge in [-0.15, -0.1) is 5.10 Å². The molecule has 8 heteroatoms. The maximum Gasteiger partial charge on any atom is 0.323 e. The third-order valence-electron chi connectivity index (χ3n) is 3.09. The lowest BCUT2D eigenvalue weighted by atomic mass is 10.3. The molecule has 0 bridgehead atoms. The van der Waals surface area contributed by atoms with E-state index in [0.717, 1.165) is 23.5 Å². The lowest BCUT2D eigenvalue weighted by Gasteiger charge is -2.05. The molecule has 0 unspecified atom stereocenters. The van der Waals surface area contributed by atoms with Crippen molar-refractivity contribution in [3.05, 3.63) is 54.0 Å². The van der Waals surface area contributed by atoms with Gasteiger partial charge in [0.15, 0.2) is 0 Å². The monoisotopic (exact) mass is 334 g/mol. The molecule has 0 aliphatic rings. The van der Waals surface area contributed by atoms with Crippen molar-refractivity contribution in [2.75, 3.05) is 0 Å². The Bertz CT molecular complexity index is 839. The number of aryl methyl sites for hydroxylation is 1. The number of hydrogen-bond donors (Lipinski definition) is 0. The van der Waals surface area contributed by atoms with Crippen molar-refractivity contribution < 1.29 is 13.5 Å². The van der Waals surface area contributed by atoms with Crippen LogP contribution in [0.15, 0.2) is 46.5 Å². The molecule has 0 fully saturated rings. The van der Waals surface area contributed by atoms with Crippen LogP contribution in [0.25, 0.3) is 0 Å². The van der Waals surface area contributed by atoms with Gasteiger partial charge in [-0.3, -0.25) is 4.68 Å². The highest BCUT2D eigenvalue weighted by molar-refractivity contribution is 7.99. The Morgan fingerprint density at radius 3 is 2.61 bits per heavy atom. The molecule has 3 rings (SSSR count). The molecule has 118 valence electrons. The summed E-state index contributed by atoms with van der Waals surface area (Å²) in [6.45, 7) is 1.83. The second-order valence-corrected chi connectivity index (χ2v) is 5.71. The number of nitrogens with zero attached hydrogens (tertiary/aromatic N) is 4. The first-order valence-corrected chi connectivity index (χ1v) is 7.47. The van der Waals surface area contributed by atoms with E-state index in [1.807, 2.05) is 6.92 Å². The highest BCUT2D eigenvalue weighted by Crippen LogP contribution is 2.39. The van der Waals surface area contributed by atoms with Gasteiger partial charge in [0.1, 0.15) is 11.6 Å². The van der Waals surface area contributed by atoms with E-state index in [9.17, 15) is 8.78 Å². The summed E-state index contributed by atoms with van der Waals surface area (Å²) in [7, 11) is 1.75. The van der Waals surface area contributed by atoms with Crippen LogP contribution in [-0.4, -0.2) is 19.7 Å². The van der Waals surface area contributed by atoms with Gasteiger partial charge in [-0.2, -0.15) is 0 Å². The number of aromatic nitrogens is 4. The molecule has 0 spiro atoms. The largest absolute Gasteiger partial charge is 0.402 e. The lowest BCUT2D eigenvalue weighted by Crippen LogP contribution is -1.94. The summed E-state index contributed by atoms with van der Waals surface area (Å²) in [5.41, 5.74) is 0.782. The van der Waals surface area contributed by atoms with Gasteiger partial charge in [-0.1, -0.05) is 11.8 Å². The van der Waals surface area contributed by atoms with E-state index in [1.165, 1.54) is 12.1 Å². The van der Waals surface area contributed by atoms with E-state index in [0.29, 0.717) is 4.90 Å². The highest BCUT2D eigenvalue weighted by atomic mass is 32.2. The molecule has 0 atom stereocenters. The van der Waals surface area contributed by atoms with E-state index < -0.39 is 11.6 Å². The van der Waals surface area contributed by atoms with Gasteiger partial charge < -0.3 is 4.74 Å². The van der Waals surface area contributed by atoms with Crippen LogP contribution < -0.4 is 4.74 Å². The predicted octanol–water partition coefficient (Wildman–Crippen LogP) is 3.74. The van der Waals surface area contributed by atoms with Crippen LogP contribution in [-0.2, 0) is 7.05 Å². The summed E-state index contributed by atoms with van der Waals surface area (Å²) in [5, 5.41) is 4.25. The molecule has 1 aromatic carbocycles.